The van der Waals surface area contributed by atoms with Gasteiger partial charge in [-0.1, -0.05) is 48.5 Å². The molecule has 1 aliphatic rings. The SMILES string of the molecule is COc1ccccc1-c1cccc(C(=O)N2CCN(C(=O)c3ccccc3)CC2)c1. The van der Waals surface area contributed by atoms with Crippen LogP contribution in [0.2, 0.25) is 0 Å². The quantitative estimate of drug-likeness (QED) is 0.666. The van der Waals surface area contributed by atoms with Crippen LogP contribution in [0.1, 0.15) is 20.7 Å². The Labute approximate surface area is 176 Å². The number of amides is 2. The summed E-state index contributed by atoms with van der Waals surface area (Å²) in [5.74, 6) is 0.773. The minimum absolute atomic E-state index is 0.0147. The Morgan fingerprint density at radius 2 is 1.27 bits per heavy atom. The van der Waals surface area contributed by atoms with Crippen molar-refractivity contribution in [2.75, 3.05) is 33.3 Å². The number of carbonyl (C=O) groups is 2. The lowest BCUT2D eigenvalue weighted by atomic mass is 10.0. The van der Waals surface area contributed by atoms with E-state index >= 15 is 0 Å². The minimum atomic E-state index is -0.0152. The van der Waals surface area contributed by atoms with Crippen molar-refractivity contribution in [2.24, 2.45) is 0 Å². The molecule has 0 bridgehead atoms. The lowest BCUT2D eigenvalue weighted by Gasteiger charge is -2.35. The van der Waals surface area contributed by atoms with Gasteiger partial charge in [-0.2, -0.15) is 0 Å². The van der Waals surface area contributed by atoms with Gasteiger partial charge < -0.3 is 14.5 Å². The molecule has 1 saturated heterocycles. The van der Waals surface area contributed by atoms with E-state index in [1.54, 1.807) is 7.11 Å². The van der Waals surface area contributed by atoms with Gasteiger partial charge in [-0.25, -0.2) is 0 Å². The third-order valence-electron chi connectivity index (χ3n) is 5.40. The van der Waals surface area contributed by atoms with E-state index in [1.165, 1.54) is 0 Å². The highest BCUT2D eigenvalue weighted by Gasteiger charge is 2.25. The second-order valence-corrected chi connectivity index (χ2v) is 7.23. The van der Waals surface area contributed by atoms with Crippen LogP contribution in [-0.4, -0.2) is 54.9 Å². The molecule has 1 fully saturated rings. The number of piperazine rings is 1. The molecule has 5 nitrogen and oxygen atoms in total. The Bertz CT molecular complexity index is 1040. The predicted octanol–water partition coefficient (Wildman–Crippen LogP) is 3.96. The molecule has 0 N–H and O–H groups in total. The molecule has 3 aromatic rings. The molecule has 0 aliphatic carbocycles. The molecule has 0 saturated carbocycles. The second-order valence-electron chi connectivity index (χ2n) is 7.23. The summed E-state index contributed by atoms with van der Waals surface area (Å²) in [6, 6.07) is 24.6. The van der Waals surface area contributed by atoms with Crippen LogP contribution in [0.3, 0.4) is 0 Å². The van der Waals surface area contributed by atoms with Crippen LogP contribution in [0.25, 0.3) is 11.1 Å². The number of benzene rings is 3. The Balaban J connectivity index is 1.45. The predicted molar refractivity (Wildman–Crippen MR) is 117 cm³/mol. The molecule has 0 spiro atoms. The van der Waals surface area contributed by atoms with Gasteiger partial charge in [-0.05, 0) is 35.9 Å². The van der Waals surface area contributed by atoms with E-state index in [-0.39, 0.29) is 11.8 Å². The van der Waals surface area contributed by atoms with Crippen LogP contribution in [0.15, 0.2) is 78.9 Å². The lowest BCUT2D eigenvalue weighted by molar-refractivity contribution is 0.0535. The number of methoxy groups -OCH3 is 1. The van der Waals surface area contributed by atoms with Crippen LogP contribution >= 0.6 is 0 Å². The molecule has 2 amide bonds. The van der Waals surface area contributed by atoms with Gasteiger partial charge >= 0.3 is 0 Å². The molecule has 1 aliphatic heterocycles. The molecule has 0 aromatic heterocycles. The van der Waals surface area contributed by atoms with E-state index in [0.717, 1.165) is 16.9 Å². The molecule has 0 atom stereocenters. The third kappa shape index (κ3) is 4.06. The van der Waals surface area contributed by atoms with E-state index in [2.05, 4.69) is 0 Å². The highest BCUT2D eigenvalue weighted by atomic mass is 16.5. The summed E-state index contributed by atoms with van der Waals surface area (Å²) in [6.45, 7) is 2.11. The van der Waals surface area contributed by atoms with Gasteiger partial charge in [-0.15, -0.1) is 0 Å². The largest absolute Gasteiger partial charge is 0.496 e. The highest BCUT2D eigenvalue weighted by Crippen LogP contribution is 2.30. The number of rotatable bonds is 4. The fraction of sp³-hybridized carbons (Fsp3) is 0.200. The first-order valence-electron chi connectivity index (χ1n) is 10.0. The monoisotopic (exact) mass is 400 g/mol. The Kier molecular flexibility index (Phi) is 5.80. The molecule has 152 valence electrons. The topological polar surface area (TPSA) is 49.9 Å². The molecule has 1 heterocycles. The van der Waals surface area contributed by atoms with Crippen molar-refractivity contribution in [2.45, 2.75) is 0 Å². The first-order valence-corrected chi connectivity index (χ1v) is 10.0. The number of carbonyl (C=O) groups excluding carboxylic acids is 2. The van der Waals surface area contributed by atoms with E-state index in [0.29, 0.717) is 37.3 Å². The van der Waals surface area contributed by atoms with Gasteiger partial charge in [-0.3, -0.25) is 9.59 Å². The van der Waals surface area contributed by atoms with Gasteiger partial charge in [0.15, 0.2) is 0 Å². The summed E-state index contributed by atoms with van der Waals surface area (Å²) in [5, 5.41) is 0. The van der Waals surface area contributed by atoms with Gasteiger partial charge in [0.25, 0.3) is 11.8 Å². The first-order chi connectivity index (χ1) is 14.7. The zero-order valence-electron chi connectivity index (χ0n) is 17.0. The molecular weight excluding hydrogens is 376 g/mol. The van der Waals surface area contributed by atoms with Crippen molar-refractivity contribution in [1.82, 2.24) is 9.80 Å². The number of para-hydroxylation sites is 1. The fourth-order valence-electron chi connectivity index (χ4n) is 3.76. The molecule has 0 radical (unpaired) electrons. The van der Waals surface area contributed by atoms with E-state index in [4.69, 9.17) is 4.74 Å². The van der Waals surface area contributed by atoms with Gasteiger partial charge in [0.2, 0.25) is 0 Å². The fourth-order valence-corrected chi connectivity index (χ4v) is 3.76. The number of nitrogens with zero attached hydrogens (tertiary/aromatic N) is 2. The third-order valence-corrected chi connectivity index (χ3v) is 5.40. The molecule has 3 aromatic carbocycles. The van der Waals surface area contributed by atoms with E-state index in [1.807, 2.05) is 88.7 Å². The van der Waals surface area contributed by atoms with Crippen LogP contribution in [0, 0.1) is 0 Å². The molecule has 30 heavy (non-hydrogen) atoms. The van der Waals surface area contributed by atoms with E-state index in [9.17, 15) is 9.59 Å². The Morgan fingerprint density at radius 3 is 1.93 bits per heavy atom. The van der Waals surface area contributed by atoms with Crippen molar-refractivity contribution < 1.29 is 14.3 Å². The maximum atomic E-state index is 13.1. The average Bonchev–Trinajstić information content (AvgIpc) is 2.84. The maximum absolute atomic E-state index is 13.1. The van der Waals surface area contributed by atoms with Crippen molar-refractivity contribution in [3.8, 4) is 16.9 Å². The smallest absolute Gasteiger partial charge is 0.253 e. The summed E-state index contributed by atoms with van der Waals surface area (Å²) in [5.41, 5.74) is 3.21. The Hall–Kier alpha value is -3.60. The zero-order chi connectivity index (χ0) is 20.9. The van der Waals surface area contributed by atoms with Gasteiger partial charge in [0, 0.05) is 42.9 Å². The van der Waals surface area contributed by atoms with Crippen molar-refractivity contribution >= 4 is 11.8 Å². The van der Waals surface area contributed by atoms with Crippen molar-refractivity contribution in [3.05, 3.63) is 90.0 Å². The molecule has 0 unspecified atom stereocenters. The zero-order valence-corrected chi connectivity index (χ0v) is 17.0. The van der Waals surface area contributed by atoms with Crippen LogP contribution < -0.4 is 4.74 Å². The number of hydrogen-bond acceptors (Lipinski definition) is 3. The first kappa shape index (κ1) is 19.7. The summed E-state index contributed by atoms with van der Waals surface area (Å²) in [4.78, 5) is 29.3. The summed E-state index contributed by atoms with van der Waals surface area (Å²) < 4.78 is 5.45. The average molecular weight is 400 g/mol. The van der Waals surface area contributed by atoms with Gasteiger partial charge in [0.05, 0.1) is 7.11 Å². The Morgan fingerprint density at radius 1 is 0.700 bits per heavy atom. The maximum Gasteiger partial charge on any atom is 0.253 e. The lowest BCUT2D eigenvalue weighted by Crippen LogP contribution is -2.50. The standard InChI is InChI=1S/C25H24N2O3/c1-30-23-13-6-5-12-22(23)20-10-7-11-21(18-20)25(29)27-16-14-26(15-17-27)24(28)19-8-3-2-4-9-19/h2-13,18H,14-17H2,1H3. The van der Waals surface area contributed by atoms with E-state index < -0.39 is 0 Å². The minimum Gasteiger partial charge on any atom is -0.496 e. The van der Waals surface area contributed by atoms with Crippen LogP contribution in [0.4, 0.5) is 0 Å². The molecular formula is C25H24N2O3. The second kappa shape index (κ2) is 8.82. The summed E-state index contributed by atoms with van der Waals surface area (Å²) in [7, 11) is 1.64. The highest BCUT2D eigenvalue weighted by molar-refractivity contribution is 5.97. The van der Waals surface area contributed by atoms with Crippen LogP contribution in [0.5, 0.6) is 5.75 Å². The summed E-state index contributed by atoms with van der Waals surface area (Å²) >= 11 is 0. The number of ether oxygens (including phenoxy) is 1. The van der Waals surface area contributed by atoms with Crippen molar-refractivity contribution in [3.63, 3.8) is 0 Å². The summed E-state index contributed by atoms with van der Waals surface area (Å²) in [6.07, 6.45) is 0. The molecule has 5 heteroatoms. The van der Waals surface area contributed by atoms with Crippen LogP contribution in [-0.2, 0) is 0 Å². The van der Waals surface area contributed by atoms with Crippen molar-refractivity contribution in [1.29, 1.82) is 0 Å². The number of hydrogen-bond donors (Lipinski definition) is 0. The van der Waals surface area contributed by atoms with Gasteiger partial charge in [0.1, 0.15) is 5.75 Å². The normalized spacial score (nSPS) is 13.8. The molecule has 4 rings (SSSR count).